The van der Waals surface area contributed by atoms with Gasteiger partial charge in [0.05, 0.1) is 6.20 Å². The lowest BCUT2D eigenvalue weighted by Crippen LogP contribution is -2.12. The fourth-order valence-corrected chi connectivity index (χ4v) is 2.33. The summed E-state index contributed by atoms with van der Waals surface area (Å²) < 4.78 is 0. The standard InChI is InChI=1S/C11H15N3S/c1-8-3-4-15-11(8)7-12-5-10-6-13-14-9(10)2/h3-4,6,12H,5,7H2,1-2H3,(H,13,14). The quantitative estimate of drug-likeness (QED) is 0.832. The molecule has 0 bridgehead atoms. The molecule has 80 valence electrons. The minimum atomic E-state index is 0.875. The van der Waals surface area contributed by atoms with E-state index in [2.05, 4.69) is 33.9 Å². The molecule has 0 saturated carbocycles. The molecule has 0 saturated heterocycles. The first-order valence-corrected chi connectivity index (χ1v) is 5.88. The van der Waals surface area contributed by atoms with Gasteiger partial charge in [0.15, 0.2) is 0 Å². The zero-order chi connectivity index (χ0) is 10.7. The molecule has 2 aromatic heterocycles. The highest BCUT2D eigenvalue weighted by molar-refractivity contribution is 7.10. The Labute approximate surface area is 93.5 Å². The molecule has 3 nitrogen and oxygen atoms in total. The van der Waals surface area contributed by atoms with Crippen LogP contribution in [0, 0.1) is 13.8 Å². The largest absolute Gasteiger partial charge is 0.308 e. The molecule has 0 unspecified atom stereocenters. The number of rotatable bonds is 4. The molecule has 0 aliphatic heterocycles. The molecule has 2 aromatic rings. The van der Waals surface area contributed by atoms with Gasteiger partial charge in [-0.2, -0.15) is 5.10 Å². The van der Waals surface area contributed by atoms with Crippen molar-refractivity contribution in [2.45, 2.75) is 26.9 Å². The SMILES string of the molecule is Cc1ccsc1CNCc1cn[nH]c1C. The lowest BCUT2D eigenvalue weighted by Gasteiger charge is -2.03. The highest BCUT2D eigenvalue weighted by atomic mass is 32.1. The third-order valence-corrected chi connectivity index (χ3v) is 3.53. The third kappa shape index (κ3) is 2.46. The molecule has 0 amide bonds. The summed E-state index contributed by atoms with van der Waals surface area (Å²) in [6.45, 7) is 6.00. The van der Waals surface area contributed by atoms with E-state index in [4.69, 9.17) is 0 Å². The van der Waals surface area contributed by atoms with E-state index in [9.17, 15) is 0 Å². The first-order chi connectivity index (χ1) is 7.27. The third-order valence-electron chi connectivity index (χ3n) is 2.50. The number of aryl methyl sites for hydroxylation is 2. The molecular formula is C11H15N3S. The van der Waals surface area contributed by atoms with Crippen LogP contribution in [0.1, 0.15) is 21.7 Å². The van der Waals surface area contributed by atoms with Crippen molar-refractivity contribution in [3.05, 3.63) is 39.3 Å². The summed E-state index contributed by atoms with van der Waals surface area (Å²) in [6, 6.07) is 2.16. The molecule has 15 heavy (non-hydrogen) atoms. The van der Waals surface area contributed by atoms with Crippen LogP contribution < -0.4 is 5.32 Å². The lowest BCUT2D eigenvalue weighted by molar-refractivity contribution is 0.696. The number of aromatic amines is 1. The molecule has 0 aliphatic rings. The Hall–Kier alpha value is -1.13. The van der Waals surface area contributed by atoms with Gasteiger partial charge in [-0.05, 0) is 30.9 Å². The van der Waals surface area contributed by atoms with E-state index >= 15 is 0 Å². The number of aromatic nitrogens is 2. The summed E-state index contributed by atoms with van der Waals surface area (Å²) in [5, 5.41) is 12.5. The molecule has 0 aliphatic carbocycles. The van der Waals surface area contributed by atoms with Crippen molar-refractivity contribution in [1.82, 2.24) is 15.5 Å². The van der Waals surface area contributed by atoms with Crippen LogP contribution in [0.2, 0.25) is 0 Å². The Morgan fingerprint density at radius 3 is 2.87 bits per heavy atom. The topological polar surface area (TPSA) is 40.7 Å². The summed E-state index contributed by atoms with van der Waals surface area (Å²) in [6.07, 6.45) is 1.88. The van der Waals surface area contributed by atoms with E-state index in [1.807, 2.05) is 13.1 Å². The van der Waals surface area contributed by atoms with Gasteiger partial charge in [-0.3, -0.25) is 5.10 Å². The molecule has 0 fully saturated rings. The van der Waals surface area contributed by atoms with Crippen LogP contribution in [0.4, 0.5) is 0 Å². The van der Waals surface area contributed by atoms with E-state index in [1.165, 1.54) is 16.0 Å². The number of nitrogens with zero attached hydrogens (tertiary/aromatic N) is 1. The molecule has 4 heteroatoms. The molecule has 0 spiro atoms. The van der Waals surface area contributed by atoms with Gasteiger partial charge in [0.1, 0.15) is 0 Å². The van der Waals surface area contributed by atoms with E-state index in [0.29, 0.717) is 0 Å². The number of hydrogen-bond acceptors (Lipinski definition) is 3. The maximum Gasteiger partial charge on any atom is 0.0535 e. The highest BCUT2D eigenvalue weighted by Gasteiger charge is 2.01. The Bertz CT molecular complexity index is 390. The molecule has 2 N–H and O–H groups in total. The lowest BCUT2D eigenvalue weighted by atomic mass is 10.2. The Balaban J connectivity index is 1.86. The predicted molar refractivity (Wildman–Crippen MR) is 62.9 cm³/mol. The van der Waals surface area contributed by atoms with E-state index in [0.717, 1.165) is 18.8 Å². The second-order valence-corrected chi connectivity index (χ2v) is 4.65. The van der Waals surface area contributed by atoms with Gasteiger partial charge in [0.25, 0.3) is 0 Å². The molecule has 0 atom stereocenters. The van der Waals surface area contributed by atoms with Crippen LogP contribution in [-0.2, 0) is 13.1 Å². The van der Waals surface area contributed by atoms with Crippen LogP contribution in [-0.4, -0.2) is 10.2 Å². The van der Waals surface area contributed by atoms with Gasteiger partial charge in [-0.25, -0.2) is 0 Å². The van der Waals surface area contributed by atoms with Crippen LogP contribution >= 0.6 is 11.3 Å². The van der Waals surface area contributed by atoms with Gasteiger partial charge in [-0.15, -0.1) is 11.3 Å². The number of nitrogens with one attached hydrogen (secondary N) is 2. The normalized spacial score (nSPS) is 10.8. The molecular weight excluding hydrogens is 206 g/mol. The minimum Gasteiger partial charge on any atom is -0.308 e. The summed E-state index contributed by atoms with van der Waals surface area (Å²) in [5.74, 6) is 0. The average molecular weight is 221 g/mol. The first kappa shape index (κ1) is 10.4. The van der Waals surface area contributed by atoms with Gasteiger partial charge in [0, 0.05) is 29.2 Å². The second kappa shape index (κ2) is 4.59. The van der Waals surface area contributed by atoms with Gasteiger partial charge in [0.2, 0.25) is 0 Å². The van der Waals surface area contributed by atoms with E-state index in [1.54, 1.807) is 11.3 Å². The van der Waals surface area contributed by atoms with Crippen molar-refractivity contribution >= 4 is 11.3 Å². The minimum absolute atomic E-state index is 0.875. The zero-order valence-corrected chi connectivity index (χ0v) is 9.82. The Morgan fingerprint density at radius 2 is 2.27 bits per heavy atom. The Kier molecular flexibility index (Phi) is 3.18. The van der Waals surface area contributed by atoms with Crippen molar-refractivity contribution in [1.29, 1.82) is 0 Å². The number of thiophene rings is 1. The maximum absolute atomic E-state index is 3.99. The van der Waals surface area contributed by atoms with Crippen LogP contribution in [0.25, 0.3) is 0 Å². The summed E-state index contributed by atoms with van der Waals surface area (Å²) in [7, 11) is 0. The Morgan fingerprint density at radius 1 is 1.40 bits per heavy atom. The fourth-order valence-electron chi connectivity index (χ4n) is 1.45. The summed E-state index contributed by atoms with van der Waals surface area (Å²) >= 11 is 1.80. The monoisotopic (exact) mass is 221 g/mol. The van der Waals surface area contributed by atoms with Crippen molar-refractivity contribution in [3.8, 4) is 0 Å². The smallest absolute Gasteiger partial charge is 0.0535 e. The molecule has 2 rings (SSSR count). The second-order valence-electron chi connectivity index (χ2n) is 3.65. The van der Waals surface area contributed by atoms with Crippen molar-refractivity contribution in [3.63, 3.8) is 0 Å². The molecule has 0 aromatic carbocycles. The van der Waals surface area contributed by atoms with Gasteiger partial charge < -0.3 is 5.32 Å². The predicted octanol–water partition coefficient (Wildman–Crippen LogP) is 2.38. The first-order valence-electron chi connectivity index (χ1n) is 5.00. The van der Waals surface area contributed by atoms with Gasteiger partial charge in [-0.1, -0.05) is 0 Å². The average Bonchev–Trinajstić information content (AvgIpc) is 2.78. The van der Waals surface area contributed by atoms with Crippen molar-refractivity contribution < 1.29 is 0 Å². The zero-order valence-electron chi connectivity index (χ0n) is 9.00. The van der Waals surface area contributed by atoms with Crippen molar-refractivity contribution in [2.75, 3.05) is 0 Å². The van der Waals surface area contributed by atoms with Crippen LogP contribution in [0.15, 0.2) is 17.6 Å². The summed E-state index contributed by atoms with van der Waals surface area (Å²) in [4.78, 5) is 1.41. The number of H-pyrrole nitrogens is 1. The molecule has 0 radical (unpaired) electrons. The maximum atomic E-state index is 3.99. The van der Waals surface area contributed by atoms with Crippen LogP contribution in [0.3, 0.4) is 0 Å². The van der Waals surface area contributed by atoms with Crippen molar-refractivity contribution in [2.24, 2.45) is 0 Å². The fraction of sp³-hybridized carbons (Fsp3) is 0.364. The van der Waals surface area contributed by atoms with Gasteiger partial charge >= 0.3 is 0 Å². The van der Waals surface area contributed by atoms with E-state index < -0.39 is 0 Å². The van der Waals surface area contributed by atoms with Crippen LogP contribution in [0.5, 0.6) is 0 Å². The number of hydrogen-bond donors (Lipinski definition) is 2. The van der Waals surface area contributed by atoms with E-state index in [-0.39, 0.29) is 0 Å². The highest BCUT2D eigenvalue weighted by Crippen LogP contribution is 2.15. The summed E-state index contributed by atoms with van der Waals surface area (Å²) in [5.41, 5.74) is 3.76. The molecule has 2 heterocycles.